The van der Waals surface area contributed by atoms with E-state index in [1.165, 1.54) is 5.56 Å². The summed E-state index contributed by atoms with van der Waals surface area (Å²) in [6.07, 6.45) is 3.48. The number of hydrogen-bond acceptors (Lipinski definition) is 3. The summed E-state index contributed by atoms with van der Waals surface area (Å²) in [5, 5.41) is 9.33. The number of aryl methyl sites for hydroxylation is 3. The normalized spacial score (nSPS) is 17.4. The van der Waals surface area contributed by atoms with Crippen molar-refractivity contribution in [3.63, 3.8) is 0 Å². The molecule has 0 unspecified atom stereocenters. The second kappa shape index (κ2) is 6.11. The van der Waals surface area contributed by atoms with Gasteiger partial charge in [0.15, 0.2) is 0 Å². The van der Waals surface area contributed by atoms with E-state index in [1.54, 1.807) is 11.8 Å². The molecule has 1 fully saturated rings. The number of nitriles is 1. The Bertz CT molecular complexity index is 572. The average molecular weight is 302 g/mol. The molecule has 112 valence electrons. The van der Waals surface area contributed by atoms with Gasteiger partial charge in [-0.3, -0.25) is 4.79 Å². The molecule has 0 radical (unpaired) electrons. The maximum atomic E-state index is 12.8. The predicted molar refractivity (Wildman–Crippen MR) is 87.6 cm³/mol. The Labute approximate surface area is 131 Å². The highest BCUT2D eigenvalue weighted by Gasteiger charge is 2.36. The van der Waals surface area contributed by atoms with Crippen LogP contribution in [0.15, 0.2) is 12.1 Å². The van der Waals surface area contributed by atoms with Crippen molar-refractivity contribution in [2.75, 3.05) is 19.3 Å². The number of hydrogen-bond donors (Lipinski definition) is 0. The first-order valence-electron chi connectivity index (χ1n) is 7.26. The second-order valence-corrected chi connectivity index (χ2v) is 7.07. The molecule has 0 atom stereocenters. The van der Waals surface area contributed by atoms with Crippen molar-refractivity contribution in [3.05, 3.63) is 34.4 Å². The molecule has 1 aromatic carbocycles. The Morgan fingerprint density at radius 1 is 1.24 bits per heavy atom. The van der Waals surface area contributed by atoms with Gasteiger partial charge in [-0.1, -0.05) is 17.7 Å². The quantitative estimate of drug-likeness (QED) is 0.840. The van der Waals surface area contributed by atoms with Gasteiger partial charge in [0, 0.05) is 18.7 Å². The van der Waals surface area contributed by atoms with E-state index >= 15 is 0 Å². The van der Waals surface area contributed by atoms with Gasteiger partial charge in [0.05, 0.1) is 6.07 Å². The number of thioether (sulfide) groups is 1. The molecule has 0 aromatic heterocycles. The molecular formula is C17H22N2OS. The maximum Gasteiger partial charge on any atom is 0.254 e. The van der Waals surface area contributed by atoms with Gasteiger partial charge >= 0.3 is 0 Å². The van der Waals surface area contributed by atoms with Crippen molar-refractivity contribution in [1.29, 1.82) is 5.26 Å². The lowest BCUT2D eigenvalue weighted by atomic mass is 9.94. The molecule has 1 heterocycles. The largest absolute Gasteiger partial charge is 0.338 e. The van der Waals surface area contributed by atoms with E-state index in [1.807, 2.05) is 25.0 Å². The van der Waals surface area contributed by atoms with E-state index in [9.17, 15) is 10.1 Å². The molecule has 1 aliphatic heterocycles. The van der Waals surface area contributed by atoms with Gasteiger partial charge in [-0.05, 0) is 51.0 Å². The first-order chi connectivity index (χ1) is 9.92. The molecule has 0 aliphatic carbocycles. The van der Waals surface area contributed by atoms with Gasteiger partial charge in [-0.15, -0.1) is 11.8 Å². The molecule has 1 saturated heterocycles. The predicted octanol–water partition coefficient (Wildman–Crippen LogP) is 3.47. The first-order valence-corrected chi connectivity index (χ1v) is 8.48. The molecule has 2 rings (SSSR count). The number of amides is 1. The third kappa shape index (κ3) is 3.08. The molecule has 0 bridgehead atoms. The Morgan fingerprint density at radius 2 is 1.76 bits per heavy atom. The van der Waals surface area contributed by atoms with Crippen LogP contribution >= 0.6 is 11.8 Å². The van der Waals surface area contributed by atoms with Crippen molar-refractivity contribution in [2.24, 2.45) is 0 Å². The molecule has 1 aromatic rings. The molecule has 1 amide bonds. The summed E-state index contributed by atoms with van der Waals surface area (Å²) in [5.41, 5.74) is 4.10. The SMILES string of the molecule is CSC1(C#N)CCN(C(=O)c2c(C)cc(C)cc2C)CC1. The fourth-order valence-electron chi connectivity index (χ4n) is 3.11. The highest BCUT2D eigenvalue weighted by molar-refractivity contribution is 8.00. The molecule has 0 N–H and O–H groups in total. The monoisotopic (exact) mass is 302 g/mol. The Hall–Kier alpha value is -1.47. The van der Waals surface area contributed by atoms with Crippen molar-refractivity contribution < 1.29 is 4.79 Å². The third-order valence-electron chi connectivity index (χ3n) is 4.34. The van der Waals surface area contributed by atoms with Crippen molar-refractivity contribution in [3.8, 4) is 6.07 Å². The van der Waals surface area contributed by atoms with Gasteiger partial charge < -0.3 is 4.90 Å². The second-order valence-electron chi connectivity index (χ2n) is 5.88. The Balaban J connectivity index is 2.19. The third-order valence-corrected chi connectivity index (χ3v) is 5.62. The van der Waals surface area contributed by atoms with Crippen molar-refractivity contribution in [2.45, 2.75) is 38.4 Å². The smallest absolute Gasteiger partial charge is 0.254 e. The zero-order valence-electron chi connectivity index (χ0n) is 13.2. The van der Waals surface area contributed by atoms with Crippen LogP contribution in [0.2, 0.25) is 0 Å². The summed E-state index contributed by atoms with van der Waals surface area (Å²) in [5.74, 6) is 0.109. The van der Waals surface area contributed by atoms with E-state index in [4.69, 9.17) is 0 Å². The highest BCUT2D eigenvalue weighted by atomic mass is 32.2. The fourth-order valence-corrected chi connectivity index (χ4v) is 3.79. The number of carbonyl (C=O) groups is 1. The molecular weight excluding hydrogens is 280 g/mol. The van der Waals surface area contributed by atoms with Gasteiger partial charge in [-0.25, -0.2) is 0 Å². The zero-order chi connectivity index (χ0) is 15.6. The van der Waals surface area contributed by atoms with Gasteiger partial charge in [-0.2, -0.15) is 5.26 Å². The maximum absolute atomic E-state index is 12.8. The standard InChI is InChI=1S/C17H22N2OS/c1-12-9-13(2)15(14(3)10-12)16(20)19-7-5-17(11-18,21-4)6-8-19/h9-10H,5-8H2,1-4H3. The van der Waals surface area contributed by atoms with Gasteiger partial charge in [0.2, 0.25) is 0 Å². The summed E-state index contributed by atoms with van der Waals surface area (Å²) in [6, 6.07) is 6.54. The van der Waals surface area contributed by atoms with Crippen molar-refractivity contribution >= 4 is 17.7 Å². The van der Waals surface area contributed by atoms with Crippen LogP contribution in [0.5, 0.6) is 0 Å². The van der Waals surface area contributed by atoms with Crippen LogP contribution in [-0.4, -0.2) is 34.9 Å². The minimum absolute atomic E-state index is 0.109. The summed E-state index contributed by atoms with van der Waals surface area (Å²) in [7, 11) is 0. The number of piperidine rings is 1. The lowest BCUT2D eigenvalue weighted by molar-refractivity contribution is 0.0715. The van der Waals surface area contributed by atoms with Crippen LogP contribution in [0.25, 0.3) is 0 Å². The molecule has 1 aliphatic rings. The van der Waals surface area contributed by atoms with Crippen LogP contribution < -0.4 is 0 Å². The lowest BCUT2D eigenvalue weighted by Crippen LogP contribution is -2.44. The average Bonchev–Trinajstić information content (AvgIpc) is 2.46. The van der Waals surface area contributed by atoms with E-state index in [0.717, 1.165) is 29.5 Å². The number of nitrogens with zero attached hydrogens (tertiary/aromatic N) is 2. The van der Waals surface area contributed by atoms with Gasteiger partial charge in [0.1, 0.15) is 4.75 Å². The molecule has 0 spiro atoms. The highest BCUT2D eigenvalue weighted by Crippen LogP contribution is 2.34. The minimum Gasteiger partial charge on any atom is -0.338 e. The minimum atomic E-state index is -0.311. The molecule has 21 heavy (non-hydrogen) atoms. The number of carbonyl (C=O) groups excluding carboxylic acids is 1. The summed E-state index contributed by atoms with van der Waals surface area (Å²) in [4.78, 5) is 14.7. The van der Waals surface area contributed by atoms with E-state index in [2.05, 4.69) is 25.1 Å². The summed E-state index contributed by atoms with van der Waals surface area (Å²) >= 11 is 1.61. The number of rotatable bonds is 2. The van der Waals surface area contributed by atoms with E-state index in [-0.39, 0.29) is 10.7 Å². The van der Waals surface area contributed by atoms with Crippen LogP contribution in [0.1, 0.15) is 39.9 Å². The van der Waals surface area contributed by atoms with Crippen LogP contribution in [0, 0.1) is 32.1 Å². The molecule has 3 nitrogen and oxygen atoms in total. The number of likely N-dealkylation sites (tertiary alicyclic amines) is 1. The van der Waals surface area contributed by atoms with Crippen molar-refractivity contribution in [1.82, 2.24) is 4.90 Å². The Kier molecular flexibility index (Phi) is 4.63. The van der Waals surface area contributed by atoms with Crippen LogP contribution in [0.3, 0.4) is 0 Å². The number of benzene rings is 1. The first kappa shape index (κ1) is 15.9. The van der Waals surface area contributed by atoms with Crippen LogP contribution in [-0.2, 0) is 0 Å². The zero-order valence-corrected chi connectivity index (χ0v) is 14.0. The lowest BCUT2D eigenvalue weighted by Gasteiger charge is -2.36. The summed E-state index contributed by atoms with van der Waals surface area (Å²) in [6.45, 7) is 7.38. The van der Waals surface area contributed by atoms with E-state index in [0.29, 0.717) is 13.1 Å². The Morgan fingerprint density at radius 3 is 2.19 bits per heavy atom. The topological polar surface area (TPSA) is 44.1 Å². The fraction of sp³-hybridized carbons (Fsp3) is 0.529. The van der Waals surface area contributed by atoms with E-state index < -0.39 is 0 Å². The molecule has 0 saturated carbocycles. The van der Waals surface area contributed by atoms with Crippen LogP contribution in [0.4, 0.5) is 0 Å². The summed E-state index contributed by atoms with van der Waals surface area (Å²) < 4.78 is -0.311. The van der Waals surface area contributed by atoms with Gasteiger partial charge in [0.25, 0.3) is 5.91 Å². The molecule has 4 heteroatoms.